The fraction of sp³-hybridized carbons (Fsp3) is 0.846. The lowest BCUT2D eigenvalue weighted by atomic mass is 10.3. The quantitative estimate of drug-likeness (QED) is 0.500. The Morgan fingerprint density at radius 1 is 0.636 bits per heavy atom. The largest absolute Gasteiger partial charge is 0.606 e. The molecule has 0 amide bonds. The summed E-state index contributed by atoms with van der Waals surface area (Å²) in [5.74, 6) is 0. The van der Waals surface area contributed by atoms with Crippen molar-refractivity contribution in [3.63, 3.8) is 0 Å². The first-order valence-electron chi connectivity index (χ1n) is 7.47. The Labute approximate surface area is 140 Å². The summed E-state index contributed by atoms with van der Waals surface area (Å²) in [6.07, 6.45) is 0.715. The third kappa shape index (κ3) is 21.9. The van der Waals surface area contributed by atoms with E-state index in [4.69, 9.17) is 23.6 Å². The van der Waals surface area contributed by atoms with E-state index in [9.17, 15) is 0 Å². The number of nitrogens with zero attached hydrogens (tertiary/aromatic N) is 2. The first-order chi connectivity index (χ1) is 9.70. The minimum atomic E-state index is -1.63. The zero-order chi connectivity index (χ0) is 18.0. The predicted octanol–water partition coefficient (Wildman–Crippen LogP) is 4.34. The summed E-state index contributed by atoms with van der Waals surface area (Å²) in [6.45, 7) is 19.4. The highest BCUT2D eigenvalue weighted by molar-refractivity contribution is 6.83. The van der Waals surface area contributed by atoms with Crippen LogP contribution in [0.1, 0.15) is 12.8 Å². The van der Waals surface area contributed by atoms with Gasteiger partial charge in [-0.25, -0.2) is 0 Å². The van der Waals surface area contributed by atoms with Crippen LogP contribution in [-0.2, 0) is 13.0 Å². The van der Waals surface area contributed by atoms with E-state index in [1.54, 1.807) is 0 Å². The van der Waals surface area contributed by atoms with E-state index in [0.29, 0.717) is 12.8 Å². The molecule has 0 bridgehead atoms. The molecular formula is C13H31BN2O3Si3. The highest BCUT2D eigenvalue weighted by Crippen LogP contribution is 2.16. The van der Waals surface area contributed by atoms with Gasteiger partial charge >= 0.3 is 7.32 Å². The Morgan fingerprint density at radius 3 is 1.00 bits per heavy atom. The summed E-state index contributed by atoms with van der Waals surface area (Å²) < 4.78 is 17.9. The number of unbranched alkanes of at least 4 members (excludes halogenated alkanes) is 1. The molecule has 0 saturated carbocycles. The van der Waals surface area contributed by atoms with Gasteiger partial charge in [0.05, 0.1) is 12.1 Å². The smallest absolute Gasteiger partial charge is 0.430 e. The highest BCUT2D eigenvalue weighted by Gasteiger charge is 2.36. The van der Waals surface area contributed by atoms with Gasteiger partial charge in [-0.05, 0) is 58.9 Å². The fourth-order valence-corrected chi connectivity index (χ4v) is 3.36. The summed E-state index contributed by atoms with van der Waals surface area (Å²) >= 11 is 0. The molecule has 0 atom stereocenters. The van der Waals surface area contributed by atoms with Gasteiger partial charge in [-0.2, -0.15) is 10.5 Å². The normalized spacial score (nSPS) is 11.8. The van der Waals surface area contributed by atoms with Gasteiger partial charge in [-0.1, -0.05) is 0 Å². The Balaban J connectivity index is 0. The molecule has 0 aromatic rings. The lowest BCUT2D eigenvalue weighted by Gasteiger charge is -2.31. The van der Waals surface area contributed by atoms with Crippen LogP contribution in [-0.4, -0.2) is 32.3 Å². The van der Waals surface area contributed by atoms with Gasteiger partial charge in [0.1, 0.15) is 0 Å². The van der Waals surface area contributed by atoms with E-state index in [-0.39, 0.29) is 0 Å². The third-order valence-corrected chi connectivity index (χ3v) is 4.40. The lowest BCUT2D eigenvalue weighted by Crippen LogP contribution is -2.49. The topological polar surface area (TPSA) is 75.3 Å². The first kappa shape index (κ1) is 23.8. The van der Waals surface area contributed by atoms with Crippen LogP contribution in [0.25, 0.3) is 0 Å². The van der Waals surface area contributed by atoms with Crippen molar-refractivity contribution in [1.82, 2.24) is 0 Å². The van der Waals surface area contributed by atoms with Crippen molar-refractivity contribution in [2.75, 3.05) is 0 Å². The standard InChI is InChI=1S/C9H27BO3Si3.C4H4N2/c1-14(2,3)11-10(12-15(4,5)6)13-16(7,8)9;5-3-1-2-4-6/h1-9H3;1-2H2. The van der Waals surface area contributed by atoms with Gasteiger partial charge < -0.3 is 13.0 Å². The fourth-order valence-electron chi connectivity index (χ4n) is 1.05. The molecule has 0 aliphatic carbocycles. The van der Waals surface area contributed by atoms with Crippen LogP contribution in [0.2, 0.25) is 58.9 Å². The van der Waals surface area contributed by atoms with Crippen molar-refractivity contribution in [2.45, 2.75) is 71.8 Å². The van der Waals surface area contributed by atoms with Gasteiger partial charge in [-0.3, -0.25) is 0 Å². The van der Waals surface area contributed by atoms with E-state index in [2.05, 4.69) is 58.9 Å². The maximum absolute atomic E-state index is 7.80. The second-order valence-corrected chi connectivity index (χ2v) is 21.2. The van der Waals surface area contributed by atoms with Crippen molar-refractivity contribution >= 4 is 32.3 Å². The summed E-state index contributed by atoms with van der Waals surface area (Å²) in [5, 5.41) is 15.6. The second kappa shape index (κ2) is 10.4. The number of nitriles is 2. The van der Waals surface area contributed by atoms with Gasteiger partial charge in [0, 0.05) is 12.8 Å². The van der Waals surface area contributed by atoms with Crippen LogP contribution in [0.5, 0.6) is 0 Å². The molecule has 0 aliphatic heterocycles. The molecule has 22 heavy (non-hydrogen) atoms. The molecule has 0 radical (unpaired) electrons. The summed E-state index contributed by atoms with van der Waals surface area (Å²) in [4.78, 5) is 0. The van der Waals surface area contributed by atoms with E-state index in [1.807, 2.05) is 12.1 Å². The molecule has 0 N–H and O–H groups in total. The molecule has 5 nitrogen and oxygen atoms in total. The van der Waals surface area contributed by atoms with E-state index < -0.39 is 32.3 Å². The van der Waals surface area contributed by atoms with Crippen LogP contribution in [0.3, 0.4) is 0 Å². The molecule has 0 aliphatic rings. The first-order valence-corrected chi connectivity index (χ1v) is 17.7. The Bertz CT molecular complexity index is 338. The zero-order valence-electron chi connectivity index (χ0n) is 15.6. The number of hydrogen-bond donors (Lipinski definition) is 0. The molecule has 0 unspecified atom stereocenters. The van der Waals surface area contributed by atoms with Crippen LogP contribution in [0, 0.1) is 22.7 Å². The molecule has 0 aromatic carbocycles. The molecular weight excluding hydrogens is 327 g/mol. The molecule has 0 aromatic heterocycles. The Hall–Kier alpha value is -0.424. The number of rotatable bonds is 7. The minimum absolute atomic E-state index is 0.358. The molecule has 0 spiro atoms. The molecule has 9 heteroatoms. The summed E-state index contributed by atoms with van der Waals surface area (Å²) in [6, 6.07) is 3.69. The highest BCUT2D eigenvalue weighted by atomic mass is 28.4. The number of hydrogen-bond acceptors (Lipinski definition) is 5. The van der Waals surface area contributed by atoms with Crippen LogP contribution in [0.15, 0.2) is 0 Å². The molecule has 0 heterocycles. The van der Waals surface area contributed by atoms with E-state index in [0.717, 1.165) is 0 Å². The van der Waals surface area contributed by atoms with Crippen molar-refractivity contribution in [3.8, 4) is 12.1 Å². The van der Waals surface area contributed by atoms with Crippen molar-refractivity contribution in [3.05, 3.63) is 0 Å². The minimum Gasteiger partial charge on any atom is -0.430 e. The Kier molecular flexibility index (Phi) is 11.2. The monoisotopic (exact) mass is 358 g/mol. The van der Waals surface area contributed by atoms with Crippen molar-refractivity contribution in [1.29, 1.82) is 10.5 Å². The molecule has 0 fully saturated rings. The summed E-state index contributed by atoms with van der Waals surface area (Å²) in [7, 11) is -5.33. The van der Waals surface area contributed by atoms with Gasteiger partial charge in [0.15, 0.2) is 25.0 Å². The van der Waals surface area contributed by atoms with Gasteiger partial charge in [0.25, 0.3) is 0 Å². The third-order valence-electron chi connectivity index (χ3n) is 1.70. The zero-order valence-corrected chi connectivity index (χ0v) is 18.6. The van der Waals surface area contributed by atoms with Gasteiger partial charge in [-0.15, -0.1) is 0 Å². The van der Waals surface area contributed by atoms with E-state index >= 15 is 0 Å². The molecule has 0 saturated heterocycles. The van der Waals surface area contributed by atoms with Crippen molar-refractivity contribution in [2.24, 2.45) is 0 Å². The average molecular weight is 358 g/mol. The maximum atomic E-state index is 7.80. The second-order valence-electron chi connectivity index (χ2n) is 7.80. The van der Waals surface area contributed by atoms with Crippen molar-refractivity contribution < 1.29 is 13.0 Å². The van der Waals surface area contributed by atoms with E-state index in [1.165, 1.54) is 0 Å². The average Bonchev–Trinajstić information content (AvgIpc) is 2.19. The maximum Gasteiger partial charge on any atom is 0.606 e. The Morgan fingerprint density at radius 2 is 0.864 bits per heavy atom. The van der Waals surface area contributed by atoms with Gasteiger partial charge in [0.2, 0.25) is 0 Å². The lowest BCUT2D eigenvalue weighted by molar-refractivity contribution is 0.300. The molecule has 0 rings (SSSR count). The van der Waals surface area contributed by atoms with Crippen LogP contribution >= 0.6 is 0 Å². The summed E-state index contributed by atoms with van der Waals surface area (Å²) in [5.41, 5.74) is 0. The van der Waals surface area contributed by atoms with Crippen LogP contribution < -0.4 is 0 Å². The van der Waals surface area contributed by atoms with Crippen LogP contribution in [0.4, 0.5) is 0 Å². The predicted molar refractivity (Wildman–Crippen MR) is 99.5 cm³/mol. The molecule has 126 valence electrons. The SMILES string of the molecule is C[Si](C)(C)OB(O[Si](C)(C)C)O[Si](C)(C)C.N#CCCC#N.